The summed E-state index contributed by atoms with van der Waals surface area (Å²) in [5.41, 5.74) is 1.06. The zero-order chi connectivity index (χ0) is 13.8. The SMILES string of the molecule is Cc1cnn(CCNC(=O)N2CSC[C@H]2C(=O)O)c1. The van der Waals surface area contributed by atoms with Gasteiger partial charge in [0, 0.05) is 18.5 Å². The smallest absolute Gasteiger partial charge is 0.327 e. The summed E-state index contributed by atoms with van der Waals surface area (Å²) in [6, 6.07) is -1.06. The number of aryl methyl sites for hydroxylation is 1. The summed E-state index contributed by atoms with van der Waals surface area (Å²) in [5.74, 6) is -0.0898. The van der Waals surface area contributed by atoms with E-state index in [-0.39, 0.29) is 6.03 Å². The number of rotatable bonds is 4. The van der Waals surface area contributed by atoms with E-state index in [0.29, 0.717) is 24.7 Å². The largest absolute Gasteiger partial charge is 0.480 e. The molecule has 0 aliphatic carbocycles. The molecule has 0 radical (unpaired) electrons. The average molecular weight is 284 g/mol. The highest BCUT2D eigenvalue weighted by molar-refractivity contribution is 7.99. The maximum absolute atomic E-state index is 11.9. The first-order valence-electron chi connectivity index (χ1n) is 5.92. The Kier molecular flexibility index (Phi) is 4.31. The van der Waals surface area contributed by atoms with Crippen LogP contribution in [0.5, 0.6) is 0 Å². The third-order valence-corrected chi connectivity index (χ3v) is 3.82. The molecule has 1 atom stereocenters. The minimum Gasteiger partial charge on any atom is -0.480 e. The maximum Gasteiger partial charge on any atom is 0.327 e. The Morgan fingerprint density at radius 2 is 2.42 bits per heavy atom. The number of carboxylic acids is 1. The Balaban J connectivity index is 1.79. The van der Waals surface area contributed by atoms with Crippen molar-refractivity contribution in [2.45, 2.75) is 19.5 Å². The highest BCUT2D eigenvalue weighted by atomic mass is 32.2. The lowest BCUT2D eigenvalue weighted by Gasteiger charge is -2.20. The van der Waals surface area contributed by atoms with Gasteiger partial charge in [-0.1, -0.05) is 0 Å². The van der Waals surface area contributed by atoms with Gasteiger partial charge in [0.2, 0.25) is 0 Å². The van der Waals surface area contributed by atoms with Gasteiger partial charge in [-0.25, -0.2) is 9.59 Å². The first kappa shape index (κ1) is 13.7. The monoisotopic (exact) mass is 284 g/mol. The number of hydrogen-bond donors (Lipinski definition) is 2. The molecule has 0 spiro atoms. The van der Waals surface area contributed by atoms with Crippen LogP contribution in [0.15, 0.2) is 12.4 Å². The zero-order valence-corrected chi connectivity index (χ0v) is 11.4. The van der Waals surface area contributed by atoms with Crippen LogP contribution in [0.25, 0.3) is 0 Å². The lowest BCUT2D eigenvalue weighted by Crippen LogP contribution is -2.47. The molecule has 0 bridgehead atoms. The zero-order valence-electron chi connectivity index (χ0n) is 10.6. The second kappa shape index (κ2) is 5.96. The van der Waals surface area contributed by atoms with E-state index in [0.717, 1.165) is 5.56 Å². The van der Waals surface area contributed by atoms with Crippen molar-refractivity contribution in [3.63, 3.8) is 0 Å². The molecule has 1 aliphatic rings. The molecular weight excluding hydrogens is 268 g/mol. The fraction of sp³-hybridized carbons (Fsp3) is 0.545. The van der Waals surface area contributed by atoms with Gasteiger partial charge in [-0.15, -0.1) is 11.8 Å². The van der Waals surface area contributed by atoms with E-state index in [4.69, 9.17) is 5.11 Å². The van der Waals surface area contributed by atoms with E-state index < -0.39 is 12.0 Å². The van der Waals surface area contributed by atoms with E-state index in [1.807, 2.05) is 13.1 Å². The summed E-state index contributed by atoms with van der Waals surface area (Å²) >= 11 is 1.45. The third-order valence-electron chi connectivity index (χ3n) is 2.81. The van der Waals surface area contributed by atoms with Crippen molar-refractivity contribution in [2.75, 3.05) is 18.2 Å². The first-order valence-corrected chi connectivity index (χ1v) is 7.07. The van der Waals surface area contributed by atoms with Gasteiger partial charge < -0.3 is 15.3 Å². The van der Waals surface area contributed by atoms with Gasteiger partial charge in [-0.3, -0.25) is 4.68 Å². The van der Waals surface area contributed by atoms with E-state index in [1.54, 1.807) is 10.9 Å². The van der Waals surface area contributed by atoms with Crippen molar-refractivity contribution in [1.82, 2.24) is 20.0 Å². The molecule has 8 heteroatoms. The van der Waals surface area contributed by atoms with E-state index in [1.165, 1.54) is 16.7 Å². The number of nitrogens with zero attached hydrogens (tertiary/aromatic N) is 3. The lowest BCUT2D eigenvalue weighted by molar-refractivity contribution is -0.140. The van der Waals surface area contributed by atoms with Crippen LogP contribution in [0.3, 0.4) is 0 Å². The molecule has 0 saturated carbocycles. The van der Waals surface area contributed by atoms with E-state index in [9.17, 15) is 9.59 Å². The Hall–Kier alpha value is -1.70. The summed E-state index contributed by atoms with van der Waals surface area (Å²) in [7, 11) is 0. The van der Waals surface area contributed by atoms with Crippen LogP contribution in [0.2, 0.25) is 0 Å². The van der Waals surface area contributed by atoms with Crippen LogP contribution in [0, 0.1) is 6.92 Å². The molecule has 1 aromatic heterocycles. The fourth-order valence-corrected chi connectivity index (χ4v) is 2.96. The molecule has 1 aliphatic heterocycles. The van der Waals surface area contributed by atoms with Crippen LogP contribution < -0.4 is 5.32 Å². The summed E-state index contributed by atoms with van der Waals surface area (Å²) in [6.07, 6.45) is 3.64. The Morgan fingerprint density at radius 1 is 1.63 bits per heavy atom. The Morgan fingerprint density at radius 3 is 3.05 bits per heavy atom. The molecule has 1 fully saturated rings. The number of carbonyl (C=O) groups excluding carboxylic acids is 1. The highest BCUT2D eigenvalue weighted by Crippen LogP contribution is 2.20. The number of thioether (sulfide) groups is 1. The van der Waals surface area contributed by atoms with Gasteiger partial charge in [-0.2, -0.15) is 5.10 Å². The number of aliphatic carboxylic acids is 1. The number of nitrogens with one attached hydrogen (secondary N) is 1. The molecule has 104 valence electrons. The predicted octanol–water partition coefficient (Wildman–Crippen LogP) is 0.361. The van der Waals surface area contributed by atoms with Gasteiger partial charge in [0.1, 0.15) is 6.04 Å². The molecule has 1 aromatic rings. The molecule has 0 aromatic carbocycles. The van der Waals surface area contributed by atoms with Gasteiger partial charge in [0.25, 0.3) is 0 Å². The molecular formula is C11H16N4O3S. The Labute approximate surface area is 115 Å². The van der Waals surface area contributed by atoms with Crippen molar-refractivity contribution in [1.29, 1.82) is 0 Å². The standard InChI is InChI=1S/C11H16N4O3S/c1-8-4-13-14(5-8)3-2-12-11(18)15-7-19-6-9(15)10(16)17/h4-5,9H,2-3,6-7H2,1H3,(H,12,18)(H,16,17)/t9-/m0/s1. The molecule has 2 heterocycles. The van der Waals surface area contributed by atoms with Gasteiger partial charge in [0.15, 0.2) is 0 Å². The summed E-state index contributed by atoms with van der Waals surface area (Å²) in [6.45, 7) is 2.94. The van der Waals surface area contributed by atoms with Crippen LogP contribution >= 0.6 is 11.8 Å². The molecule has 19 heavy (non-hydrogen) atoms. The van der Waals surface area contributed by atoms with Crippen LogP contribution in [0.1, 0.15) is 5.56 Å². The highest BCUT2D eigenvalue weighted by Gasteiger charge is 2.34. The van der Waals surface area contributed by atoms with E-state index in [2.05, 4.69) is 10.4 Å². The quantitative estimate of drug-likeness (QED) is 0.833. The van der Waals surface area contributed by atoms with Crippen molar-refractivity contribution in [3.8, 4) is 0 Å². The minimum atomic E-state index is -0.956. The molecule has 2 amide bonds. The molecule has 2 rings (SSSR count). The topological polar surface area (TPSA) is 87.5 Å². The number of carboxylic acid groups (broad SMARTS) is 1. The van der Waals surface area contributed by atoms with Gasteiger partial charge in [0.05, 0.1) is 18.6 Å². The molecule has 0 unspecified atom stereocenters. The normalized spacial score (nSPS) is 18.6. The van der Waals surface area contributed by atoms with Crippen LogP contribution in [-0.2, 0) is 11.3 Å². The van der Waals surface area contributed by atoms with Crippen molar-refractivity contribution < 1.29 is 14.7 Å². The maximum atomic E-state index is 11.9. The average Bonchev–Trinajstić information content (AvgIpc) is 2.97. The summed E-state index contributed by atoms with van der Waals surface area (Å²) < 4.78 is 1.74. The second-order valence-corrected chi connectivity index (χ2v) is 5.34. The summed E-state index contributed by atoms with van der Waals surface area (Å²) in [4.78, 5) is 24.2. The predicted molar refractivity (Wildman–Crippen MR) is 71.0 cm³/mol. The number of carbonyl (C=O) groups is 2. The van der Waals surface area contributed by atoms with Crippen LogP contribution in [-0.4, -0.2) is 56.0 Å². The number of urea groups is 1. The number of aromatic nitrogens is 2. The fourth-order valence-electron chi connectivity index (χ4n) is 1.82. The Bertz CT molecular complexity index is 476. The van der Waals surface area contributed by atoms with Crippen molar-refractivity contribution in [3.05, 3.63) is 18.0 Å². The molecule has 7 nitrogen and oxygen atoms in total. The molecule has 2 N–H and O–H groups in total. The van der Waals surface area contributed by atoms with Gasteiger partial charge >= 0.3 is 12.0 Å². The summed E-state index contributed by atoms with van der Waals surface area (Å²) in [5, 5.41) is 15.8. The molecule has 1 saturated heterocycles. The van der Waals surface area contributed by atoms with Gasteiger partial charge in [-0.05, 0) is 12.5 Å². The minimum absolute atomic E-state index is 0.332. The van der Waals surface area contributed by atoms with Crippen LogP contribution in [0.4, 0.5) is 4.79 Å². The number of amides is 2. The van der Waals surface area contributed by atoms with E-state index >= 15 is 0 Å². The first-order chi connectivity index (χ1) is 9.08. The third kappa shape index (κ3) is 3.40. The second-order valence-electron chi connectivity index (χ2n) is 4.34. The lowest BCUT2D eigenvalue weighted by atomic mass is 10.3. The van der Waals surface area contributed by atoms with Crippen molar-refractivity contribution >= 4 is 23.8 Å². The van der Waals surface area contributed by atoms with Crippen molar-refractivity contribution in [2.24, 2.45) is 0 Å². The number of hydrogen-bond acceptors (Lipinski definition) is 4.